The van der Waals surface area contributed by atoms with Gasteiger partial charge in [-0.15, -0.1) is 0 Å². The summed E-state index contributed by atoms with van der Waals surface area (Å²) >= 11 is 0. The quantitative estimate of drug-likeness (QED) is 0.696. The fourth-order valence-electron chi connectivity index (χ4n) is 3.30. The number of furan rings is 1. The van der Waals surface area contributed by atoms with E-state index in [1.54, 1.807) is 30.3 Å². The summed E-state index contributed by atoms with van der Waals surface area (Å²) in [4.78, 5) is 13.0. The van der Waals surface area contributed by atoms with Crippen molar-refractivity contribution < 1.29 is 17.6 Å². The highest BCUT2D eigenvalue weighted by atomic mass is 32.2. The van der Waals surface area contributed by atoms with Gasteiger partial charge in [-0.3, -0.25) is 9.52 Å². The molecule has 0 aliphatic carbocycles. The van der Waals surface area contributed by atoms with Gasteiger partial charge in [-0.1, -0.05) is 42.5 Å². The molecule has 4 rings (SSSR count). The highest BCUT2D eigenvalue weighted by Crippen LogP contribution is 2.34. The maximum Gasteiger partial charge on any atom is 0.310 e. The summed E-state index contributed by atoms with van der Waals surface area (Å²) in [6.07, 6.45) is 3.05. The Balaban J connectivity index is 1.70. The van der Waals surface area contributed by atoms with Gasteiger partial charge in [0.05, 0.1) is 24.3 Å². The molecule has 0 saturated carbocycles. The van der Waals surface area contributed by atoms with E-state index in [4.69, 9.17) is 4.42 Å². The van der Waals surface area contributed by atoms with E-state index >= 15 is 0 Å². The van der Waals surface area contributed by atoms with Crippen LogP contribution in [0.3, 0.4) is 0 Å². The second-order valence-electron chi connectivity index (χ2n) is 6.76. The minimum Gasteiger partial charge on any atom is -0.459 e. The molecule has 29 heavy (non-hydrogen) atoms. The molecule has 0 saturated heterocycles. The number of hydrogen-bond donors (Lipinski definition) is 1. The van der Waals surface area contributed by atoms with E-state index in [0.29, 0.717) is 17.8 Å². The predicted molar refractivity (Wildman–Crippen MR) is 110 cm³/mol. The summed E-state index contributed by atoms with van der Waals surface area (Å²) in [5.41, 5.74) is 2.83. The van der Waals surface area contributed by atoms with E-state index in [9.17, 15) is 13.2 Å². The monoisotopic (exact) mass is 409 g/mol. The van der Waals surface area contributed by atoms with Crippen molar-refractivity contribution in [2.75, 3.05) is 11.0 Å². The lowest BCUT2D eigenvalue weighted by Crippen LogP contribution is -2.26. The van der Waals surface area contributed by atoms with E-state index in [1.807, 2.05) is 36.4 Å². The molecule has 3 aromatic rings. The number of carbonyl (C=O) groups is 1. The number of hydrogen-bond acceptors (Lipinski definition) is 5. The van der Waals surface area contributed by atoms with Crippen molar-refractivity contribution in [3.8, 4) is 0 Å². The molecule has 0 bridgehead atoms. The van der Waals surface area contributed by atoms with Crippen LogP contribution in [-0.4, -0.2) is 31.3 Å². The minimum atomic E-state index is -3.39. The van der Waals surface area contributed by atoms with Crippen LogP contribution in [0.2, 0.25) is 0 Å². The highest BCUT2D eigenvalue weighted by molar-refractivity contribution is 7.92. The molecular weight excluding hydrogens is 390 g/mol. The van der Waals surface area contributed by atoms with Crippen molar-refractivity contribution >= 4 is 27.3 Å². The van der Waals surface area contributed by atoms with E-state index in [2.05, 4.69) is 9.82 Å². The maximum atomic E-state index is 13.0. The third-order valence-electron chi connectivity index (χ3n) is 4.53. The summed E-state index contributed by atoms with van der Waals surface area (Å²) in [6.45, 7) is 0. The molecule has 0 radical (unpaired) electrons. The summed E-state index contributed by atoms with van der Waals surface area (Å²) in [6, 6.07) is 19.6. The average molecular weight is 409 g/mol. The number of benzene rings is 2. The Morgan fingerprint density at radius 3 is 2.59 bits per heavy atom. The van der Waals surface area contributed by atoms with Gasteiger partial charge in [0.2, 0.25) is 10.0 Å². The van der Waals surface area contributed by atoms with Crippen molar-refractivity contribution in [3.05, 3.63) is 89.9 Å². The van der Waals surface area contributed by atoms with Gasteiger partial charge in [0.15, 0.2) is 5.76 Å². The molecule has 2 aromatic carbocycles. The maximum absolute atomic E-state index is 13.0. The van der Waals surface area contributed by atoms with Gasteiger partial charge < -0.3 is 4.42 Å². The second-order valence-corrected chi connectivity index (χ2v) is 8.51. The first-order valence-corrected chi connectivity index (χ1v) is 10.9. The lowest BCUT2D eigenvalue weighted by atomic mass is 9.98. The molecule has 2 heterocycles. The lowest BCUT2D eigenvalue weighted by Gasteiger charge is -2.21. The van der Waals surface area contributed by atoms with Crippen LogP contribution in [0.25, 0.3) is 0 Å². The van der Waals surface area contributed by atoms with Gasteiger partial charge in [0.1, 0.15) is 0 Å². The molecule has 148 valence electrons. The Morgan fingerprint density at radius 1 is 1.10 bits per heavy atom. The highest BCUT2D eigenvalue weighted by Gasteiger charge is 2.34. The average Bonchev–Trinajstić information content (AvgIpc) is 3.37. The number of nitrogens with zero attached hydrogens (tertiary/aromatic N) is 2. The molecule has 0 unspecified atom stereocenters. The molecule has 0 spiro atoms. The van der Waals surface area contributed by atoms with Crippen LogP contribution < -0.4 is 4.72 Å². The van der Waals surface area contributed by atoms with Crippen LogP contribution in [0.15, 0.2) is 82.5 Å². The second kappa shape index (κ2) is 7.56. The first-order chi connectivity index (χ1) is 13.9. The Labute approximate surface area is 168 Å². The number of hydrazone groups is 1. The van der Waals surface area contributed by atoms with Crippen molar-refractivity contribution in [1.82, 2.24) is 5.01 Å². The number of nitrogens with one attached hydrogen (secondary N) is 1. The van der Waals surface area contributed by atoms with Gasteiger partial charge in [-0.05, 0) is 35.4 Å². The van der Waals surface area contributed by atoms with E-state index in [-0.39, 0.29) is 17.7 Å². The standard InChI is InChI=1S/C21H19N3O4S/c1-29(26,27)23-17-10-5-9-16(13-17)18-14-19(15-7-3-2-4-8-15)24(22-18)21(25)20-11-6-12-28-20/h2-13,19,23H,14H2,1H3/t19-/m0/s1. The third kappa shape index (κ3) is 4.22. The fourth-order valence-corrected chi connectivity index (χ4v) is 3.85. The summed E-state index contributed by atoms with van der Waals surface area (Å²) in [7, 11) is -3.39. The minimum absolute atomic E-state index is 0.212. The van der Waals surface area contributed by atoms with E-state index < -0.39 is 10.0 Å². The van der Waals surface area contributed by atoms with Gasteiger partial charge in [-0.2, -0.15) is 5.10 Å². The van der Waals surface area contributed by atoms with Crippen LogP contribution in [-0.2, 0) is 10.0 Å². The van der Waals surface area contributed by atoms with E-state index in [1.165, 1.54) is 11.3 Å². The topological polar surface area (TPSA) is 92.0 Å². The lowest BCUT2D eigenvalue weighted by molar-refractivity contribution is 0.0678. The number of anilines is 1. The van der Waals surface area contributed by atoms with Crippen molar-refractivity contribution in [1.29, 1.82) is 0 Å². The van der Waals surface area contributed by atoms with Crippen LogP contribution >= 0.6 is 0 Å². The first kappa shape index (κ1) is 18.9. The van der Waals surface area contributed by atoms with Crippen LogP contribution in [0.1, 0.15) is 34.1 Å². The molecule has 8 heteroatoms. The smallest absolute Gasteiger partial charge is 0.310 e. The van der Waals surface area contributed by atoms with Crippen LogP contribution in [0, 0.1) is 0 Å². The molecule has 1 amide bonds. The van der Waals surface area contributed by atoms with Crippen molar-refractivity contribution in [3.63, 3.8) is 0 Å². The molecule has 1 aromatic heterocycles. The zero-order valence-corrected chi connectivity index (χ0v) is 16.5. The SMILES string of the molecule is CS(=O)(=O)Nc1cccc(C2=NN(C(=O)c3ccco3)[C@H](c3ccccc3)C2)c1. The zero-order valence-electron chi connectivity index (χ0n) is 15.6. The van der Waals surface area contributed by atoms with Crippen molar-refractivity contribution in [2.45, 2.75) is 12.5 Å². The van der Waals surface area contributed by atoms with Crippen molar-refractivity contribution in [2.24, 2.45) is 5.10 Å². The van der Waals surface area contributed by atoms with Gasteiger partial charge in [0.25, 0.3) is 0 Å². The number of sulfonamides is 1. The number of rotatable bonds is 5. The molecular formula is C21H19N3O4S. The predicted octanol–water partition coefficient (Wildman–Crippen LogP) is 3.64. The number of amides is 1. The molecule has 0 fully saturated rings. The molecule has 1 N–H and O–H groups in total. The number of carbonyl (C=O) groups excluding carboxylic acids is 1. The van der Waals surface area contributed by atoms with Crippen LogP contribution in [0.4, 0.5) is 5.69 Å². The molecule has 1 atom stereocenters. The van der Waals surface area contributed by atoms with Crippen LogP contribution in [0.5, 0.6) is 0 Å². The Hall–Kier alpha value is -3.39. The Kier molecular flexibility index (Phi) is 4.94. The van der Waals surface area contributed by atoms with Gasteiger partial charge >= 0.3 is 5.91 Å². The molecule has 1 aliphatic rings. The summed E-state index contributed by atoms with van der Waals surface area (Å²) in [5.74, 6) is -0.118. The first-order valence-electron chi connectivity index (χ1n) is 8.98. The molecule has 7 nitrogen and oxygen atoms in total. The van der Waals surface area contributed by atoms with Gasteiger partial charge in [0, 0.05) is 12.1 Å². The Morgan fingerprint density at radius 2 is 1.90 bits per heavy atom. The third-order valence-corrected chi connectivity index (χ3v) is 5.14. The summed E-state index contributed by atoms with van der Waals surface area (Å²) in [5, 5.41) is 6.00. The zero-order chi connectivity index (χ0) is 20.4. The normalized spacial score (nSPS) is 16.5. The van der Waals surface area contributed by atoms with Gasteiger partial charge in [-0.25, -0.2) is 13.4 Å². The fraction of sp³-hybridized carbons (Fsp3) is 0.143. The Bertz CT molecular complexity index is 1160. The molecule has 1 aliphatic heterocycles. The van der Waals surface area contributed by atoms with E-state index in [0.717, 1.165) is 17.4 Å². The largest absolute Gasteiger partial charge is 0.459 e. The summed E-state index contributed by atoms with van der Waals surface area (Å²) < 4.78 is 30.8.